The molecule has 0 spiro atoms. The molecule has 0 atom stereocenters. The van der Waals surface area contributed by atoms with Crippen LogP contribution in [-0.2, 0) is 16.1 Å². The second kappa shape index (κ2) is 7.07. The first-order chi connectivity index (χ1) is 11.0. The number of halogens is 1. The smallest absolute Gasteiger partial charge is 0.313 e. The number of benzene rings is 1. The molecule has 0 radical (unpaired) electrons. The molecular formula is C14H11FN4O4. The summed E-state index contributed by atoms with van der Waals surface area (Å²) in [5.74, 6) is -2.98. The van der Waals surface area contributed by atoms with E-state index < -0.39 is 28.2 Å². The van der Waals surface area contributed by atoms with Crippen molar-refractivity contribution in [3.8, 4) is 0 Å². The Morgan fingerprint density at radius 1 is 1.26 bits per heavy atom. The van der Waals surface area contributed by atoms with Gasteiger partial charge in [-0.05, 0) is 23.8 Å². The highest BCUT2D eigenvalue weighted by Crippen LogP contribution is 2.21. The predicted octanol–water partition coefficient (Wildman–Crippen LogP) is 1.38. The van der Waals surface area contributed by atoms with E-state index in [0.717, 1.165) is 18.2 Å². The van der Waals surface area contributed by atoms with Gasteiger partial charge in [0.25, 0.3) is 0 Å². The number of aromatic nitrogens is 1. The summed E-state index contributed by atoms with van der Waals surface area (Å²) in [7, 11) is 0. The second-order valence-corrected chi connectivity index (χ2v) is 4.42. The van der Waals surface area contributed by atoms with Crippen LogP contribution in [0.4, 0.5) is 15.8 Å². The van der Waals surface area contributed by atoms with Gasteiger partial charge in [-0.2, -0.15) is 4.39 Å². The fourth-order valence-electron chi connectivity index (χ4n) is 1.68. The zero-order valence-electron chi connectivity index (χ0n) is 11.7. The van der Waals surface area contributed by atoms with Crippen LogP contribution in [0, 0.1) is 15.9 Å². The second-order valence-electron chi connectivity index (χ2n) is 4.42. The third-order valence-electron chi connectivity index (χ3n) is 2.78. The number of nitrogens with zero attached hydrogens (tertiary/aromatic N) is 2. The molecule has 0 fully saturated rings. The van der Waals surface area contributed by atoms with E-state index in [-0.39, 0.29) is 12.2 Å². The molecule has 8 nitrogen and oxygen atoms in total. The summed E-state index contributed by atoms with van der Waals surface area (Å²) >= 11 is 0. The first-order valence-corrected chi connectivity index (χ1v) is 6.39. The van der Waals surface area contributed by atoms with Crippen molar-refractivity contribution in [2.75, 3.05) is 5.32 Å². The van der Waals surface area contributed by atoms with Crippen molar-refractivity contribution < 1.29 is 18.9 Å². The molecule has 1 aromatic carbocycles. The number of pyridine rings is 1. The zero-order valence-corrected chi connectivity index (χ0v) is 11.7. The SMILES string of the molecule is O=C(NCc1cccnc1)C(=O)Nc1ccc(F)c([N+](=O)[O-])c1. The lowest BCUT2D eigenvalue weighted by Gasteiger charge is -2.06. The minimum atomic E-state index is -1.03. The molecule has 2 amide bonds. The Morgan fingerprint density at radius 3 is 2.70 bits per heavy atom. The summed E-state index contributed by atoms with van der Waals surface area (Å²) in [6, 6.07) is 6.19. The summed E-state index contributed by atoms with van der Waals surface area (Å²) in [6.45, 7) is 0.101. The first kappa shape index (κ1) is 16.0. The molecule has 1 aromatic heterocycles. The fourth-order valence-corrected chi connectivity index (χ4v) is 1.68. The molecule has 2 rings (SSSR count). The van der Waals surface area contributed by atoms with Crippen LogP contribution in [-0.4, -0.2) is 21.7 Å². The van der Waals surface area contributed by atoms with E-state index in [1.807, 2.05) is 0 Å². The lowest BCUT2D eigenvalue weighted by molar-refractivity contribution is -0.387. The molecule has 2 aromatic rings. The van der Waals surface area contributed by atoms with Crippen molar-refractivity contribution in [2.24, 2.45) is 0 Å². The van der Waals surface area contributed by atoms with Crippen LogP contribution in [0.5, 0.6) is 0 Å². The molecule has 0 saturated heterocycles. The van der Waals surface area contributed by atoms with Gasteiger partial charge in [0.2, 0.25) is 5.82 Å². The summed E-state index contributed by atoms with van der Waals surface area (Å²) in [5, 5.41) is 15.2. The summed E-state index contributed by atoms with van der Waals surface area (Å²) in [6.07, 6.45) is 3.10. The van der Waals surface area contributed by atoms with E-state index in [4.69, 9.17) is 0 Å². The lowest BCUT2D eigenvalue weighted by Crippen LogP contribution is -2.35. The highest BCUT2D eigenvalue weighted by atomic mass is 19.1. The number of rotatable bonds is 4. The molecular weight excluding hydrogens is 307 g/mol. The van der Waals surface area contributed by atoms with Crippen LogP contribution in [0.1, 0.15) is 5.56 Å². The largest absolute Gasteiger partial charge is 0.344 e. The molecule has 1 heterocycles. The summed E-state index contributed by atoms with van der Waals surface area (Å²) in [5.41, 5.74) is -0.149. The van der Waals surface area contributed by atoms with Crippen LogP contribution in [0.3, 0.4) is 0 Å². The lowest BCUT2D eigenvalue weighted by atomic mass is 10.2. The number of carbonyl (C=O) groups excluding carboxylic acids is 2. The summed E-state index contributed by atoms with van der Waals surface area (Å²) in [4.78, 5) is 36.9. The van der Waals surface area contributed by atoms with E-state index in [1.54, 1.807) is 18.3 Å². The zero-order chi connectivity index (χ0) is 16.8. The Balaban J connectivity index is 1.97. The minimum absolute atomic E-state index is 0.0559. The number of anilines is 1. The summed E-state index contributed by atoms with van der Waals surface area (Å²) < 4.78 is 13.2. The number of amides is 2. The predicted molar refractivity (Wildman–Crippen MR) is 77.8 cm³/mol. The fraction of sp³-hybridized carbons (Fsp3) is 0.0714. The Labute approximate surface area is 129 Å². The van der Waals surface area contributed by atoms with Gasteiger partial charge in [0.05, 0.1) is 4.92 Å². The first-order valence-electron chi connectivity index (χ1n) is 6.39. The monoisotopic (exact) mass is 318 g/mol. The van der Waals surface area contributed by atoms with Gasteiger partial charge in [0, 0.05) is 30.7 Å². The maximum Gasteiger partial charge on any atom is 0.313 e. The van der Waals surface area contributed by atoms with Crippen LogP contribution in [0.2, 0.25) is 0 Å². The van der Waals surface area contributed by atoms with Gasteiger partial charge in [-0.25, -0.2) is 0 Å². The third-order valence-corrected chi connectivity index (χ3v) is 2.78. The van der Waals surface area contributed by atoms with E-state index >= 15 is 0 Å². The topological polar surface area (TPSA) is 114 Å². The standard InChI is InChI=1S/C14H11FN4O4/c15-11-4-3-10(6-12(11)19(22)23)18-14(21)13(20)17-8-9-2-1-5-16-7-9/h1-7H,8H2,(H,17,20)(H,18,21). The van der Waals surface area contributed by atoms with Gasteiger partial charge in [0.1, 0.15) is 0 Å². The maximum atomic E-state index is 13.2. The average Bonchev–Trinajstić information content (AvgIpc) is 2.55. The molecule has 0 aliphatic carbocycles. The number of carbonyl (C=O) groups is 2. The van der Waals surface area contributed by atoms with Crippen molar-refractivity contribution in [3.63, 3.8) is 0 Å². The van der Waals surface area contributed by atoms with Crippen LogP contribution < -0.4 is 10.6 Å². The van der Waals surface area contributed by atoms with Crippen molar-refractivity contribution in [3.05, 3.63) is 64.2 Å². The van der Waals surface area contributed by atoms with Crippen molar-refractivity contribution >= 4 is 23.2 Å². The molecule has 0 aliphatic heterocycles. The van der Waals surface area contributed by atoms with Crippen LogP contribution in [0.15, 0.2) is 42.7 Å². The Morgan fingerprint density at radius 2 is 2.04 bits per heavy atom. The third kappa shape index (κ3) is 4.30. The van der Waals surface area contributed by atoms with E-state index in [0.29, 0.717) is 5.56 Å². The van der Waals surface area contributed by atoms with Gasteiger partial charge in [0.15, 0.2) is 0 Å². The minimum Gasteiger partial charge on any atom is -0.344 e. The number of hydrogen-bond donors (Lipinski definition) is 2. The molecule has 0 saturated carbocycles. The number of nitrogens with one attached hydrogen (secondary N) is 2. The molecule has 2 N–H and O–H groups in total. The molecule has 9 heteroatoms. The Bertz CT molecular complexity index is 752. The average molecular weight is 318 g/mol. The molecule has 0 bridgehead atoms. The highest BCUT2D eigenvalue weighted by molar-refractivity contribution is 6.39. The maximum absolute atomic E-state index is 13.2. The van der Waals surface area contributed by atoms with E-state index in [9.17, 15) is 24.1 Å². The molecule has 0 aliphatic rings. The van der Waals surface area contributed by atoms with E-state index in [2.05, 4.69) is 15.6 Å². The van der Waals surface area contributed by atoms with E-state index in [1.165, 1.54) is 6.20 Å². The van der Waals surface area contributed by atoms with Crippen molar-refractivity contribution in [2.45, 2.75) is 6.54 Å². The quantitative estimate of drug-likeness (QED) is 0.502. The van der Waals surface area contributed by atoms with Gasteiger partial charge in [-0.1, -0.05) is 6.07 Å². The van der Waals surface area contributed by atoms with Gasteiger partial charge in [-0.3, -0.25) is 24.7 Å². The normalized spacial score (nSPS) is 9.96. The number of nitro benzene ring substituents is 1. The Hall–Kier alpha value is -3.36. The van der Waals surface area contributed by atoms with Crippen LogP contribution in [0.25, 0.3) is 0 Å². The van der Waals surface area contributed by atoms with Crippen molar-refractivity contribution in [1.82, 2.24) is 10.3 Å². The number of hydrogen-bond acceptors (Lipinski definition) is 5. The van der Waals surface area contributed by atoms with Gasteiger partial charge >= 0.3 is 17.5 Å². The van der Waals surface area contributed by atoms with Gasteiger partial charge < -0.3 is 10.6 Å². The van der Waals surface area contributed by atoms with Crippen LogP contribution >= 0.6 is 0 Å². The molecule has 0 unspecified atom stereocenters. The molecule has 23 heavy (non-hydrogen) atoms. The van der Waals surface area contributed by atoms with Gasteiger partial charge in [-0.15, -0.1) is 0 Å². The Kier molecular flexibility index (Phi) is 4.92. The van der Waals surface area contributed by atoms with Crippen molar-refractivity contribution in [1.29, 1.82) is 0 Å². The molecule has 118 valence electrons. The number of nitro groups is 1. The highest BCUT2D eigenvalue weighted by Gasteiger charge is 2.18.